The van der Waals surface area contributed by atoms with Crippen molar-refractivity contribution in [2.24, 2.45) is 0 Å². The quantitative estimate of drug-likeness (QED) is 0.295. The van der Waals surface area contributed by atoms with Gasteiger partial charge in [-0.15, -0.1) is 11.3 Å². The van der Waals surface area contributed by atoms with Gasteiger partial charge in [0.1, 0.15) is 16.5 Å². The highest BCUT2D eigenvalue weighted by Gasteiger charge is 2.28. The van der Waals surface area contributed by atoms with Crippen molar-refractivity contribution in [1.29, 1.82) is 0 Å². The molecular weight excluding hydrogens is 482 g/mol. The van der Waals surface area contributed by atoms with E-state index in [4.69, 9.17) is 21.3 Å². The minimum atomic E-state index is -0.205. The lowest BCUT2D eigenvalue weighted by atomic mass is 10.2. The molecular formula is C26H28ClN5O2S. The van der Waals surface area contributed by atoms with Crippen LogP contribution in [0, 0.1) is 6.92 Å². The SMILES string of the molecule is COc1ccc(-c2csc(N(CCCN(C)C)C(=O)c3c(C)nn(-c4ccccc4)c3Cl)n2)cc1. The predicted octanol–water partition coefficient (Wildman–Crippen LogP) is 5.56. The molecule has 182 valence electrons. The maximum atomic E-state index is 13.9. The van der Waals surface area contributed by atoms with Crippen LogP contribution in [0.25, 0.3) is 16.9 Å². The second-order valence-corrected chi connectivity index (χ2v) is 9.55. The average molecular weight is 510 g/mol. The van der Waals surface area contributed by atoms with E-state index in [0.29, 0.717) is 28.1 Å². The summed E-state index contributed by atoms with van der Waals surface area (Å²) in [5.74, 6) is 0.578. The normalized spacial score (nSPS) is 11.1. The molecule has 2 aromatic carbocycles. The highest BCUT2D eigenvalue weighted by atomic mass is 35.5. The Hall–Kier alpha value is -3.20. The standard InChI is InChI=1S/C26H28ClN5O2S/c1-18-23(24(27)32(29-18)20-9-6-5-7-10-20)25(33)31(16-8-15-30(2)3)26-28-22(17-35-26)19-11-13-21(34-4)14-12-19/h5-7,9-14,17H,8,15-16H2,1-4H3. The molecule has 0 fully saturated rings. The highest BCUT2D eigenvalue weighted by molar-refractivity contribution is 7.14. The fraction of sp³-hybridized carbons (Fsp3) is 0.269. The lowest BCUT2D eigenvalue weighted by molar-refractivity contribution is 0.0985. The second-order valence-electron chi connectivity index (χ2n) is 8.36. The first-order valence-electron chi connectivity index (χ1n) is 11.3. The highest BCUT2D eigenvalue weighted by Crippen LogP contribution is 2.32. The number of hydrogen-bond acceptors (Lipinski definition) is 6. The van der Waals surface area contributed by atoms with E-state index in [9.17, 15) is 4.79 Å². The average Bonchev–Trinajstić information content (AvgIpc) is 3.46. The van der Waals surface area contributed by atoms with Crippen LogP contribution >= 0.6 is 22.9 Å². The molecule has 2 heterocycles. The Balaban J connectivity index is 1.67. The van der Waals surface area contributed by atoms with Crippen LogP contribution in [-0.4, -0.2) is 59.9 Å². The molecule has 0 radical (unpaired) electrons. The molecule has 0 spiro atoms. The molecule has 2 aromatic heterocycles. The Morgan fingerprint density at radius 3 is 2.46 bits per heavy atom. The monoisotopic (exact) mass is 509 g/mol. The molecule has 0 saturated heterocycles. The molecule has 0 bridgehead atoms. The number of ether oxygens (including phenoxy) is 1. The van der Waals surface area contributed by atoms with Gasteiger partial charge in [-0.25, -0.2) is 9.67 Å². The molecule has 4 rings (SSSR count). The summed E-state index contributed by atoms with van der Waals surface area (Å²) >= 11 is 8.16. The third-order valence-corrected chi connectivity index (χ3v) is 6.77. The van der Waals surface area contributed by atoms with E-state index in [-0.39, 0.29) is 5.91 Å². The number of nitrogens with zero attached hydrogens (tertiary/aromatic N) is 5. The number of carbonyl (C=O) groups is 1. The molecule has 1 amide bonds. The van der Waals surface area contributed by atoms with Gasteiger partial charge in [-0.2, -0.15) is 5.10 Å². The molecule has 0 aliphatic rings. The molecule has 0 saturated carbocycles. The third-order valence-electron chi connectivity index (χ3n) is 5.56. The van der Waals surface area contributed by atoms with Crippen LogP contribution < -0.4 is 9.64 Å². The molecule has 4 aromatic rings. The largest absolute Gasteiger partial charge is 0.497 e. The van der Waals surface area contributed by atoms with E-state index in [2.05, 4.69) is 10.00 Å². The zero-order valence-electron chi connectivity index (χ0n) is 20.2. The van der Waals surface area contributed by atoms with Gasteiger partial charge in [0.15, 0.2) is 5.13 Å². The maximum Gasteiger partial charge on any atom is 0.265 e. The van der Waals surface area contributed by atoms with Crippen LogP contribution in [0.3, 0.4) is 0 Å². The Morgan fingerprint density at radius 2 is 1.80 bits per heavy atom. The van der Waals surface area contributed by atoms with Crippen LogP contribution in [0.5, 0.6) is 5.75 Å². The number of hydrogen-bond donors (Lipinski definition) is 0. The number of rotatable bonds is 9. The van der Waals surface area contributed by atoms with Gasteiger partial charge in [0.25, 0.3) is 5.91 Å². The fourth-order valence-corrected chi connectivity index (χ4v) is 4.94. The van der Waals surface area contributed by atoms with Crippen molar-refractivity contribution >= 4 is 34.0 Å². The van der Waals surface area contributed by atoms with Gasteiger partial charge in [0, 0.05) is 17.5 Å². The molecule has 0 N–H and O–H groups in total. The van der Waals surface area contributed by atoms with Crippen molar-refractivity contribution in [3.05, 3.63) is 76.4 Å². The number of methoxy groups -OCH3 is 1. The third kappa shape index (κ3) is 5.56. The summed E-state index contributed by atoms with van der Waals surface area (Å²) in [6.07, 6.45) is 0.791. The van der Waals surface area contributed by atoms with Crippen LogP contribution in [0.1, 0.15) is 22.5 Å². The van der Waals surface area contributed by atoms with Gasteiger partial charge >= 0.3 is 0 Å². The summed E-state index contributed by atoms with van der Waals surface area (Å²) in [6.45, 7) is 3.16. The van der Waals surface area contributed by atoms with E-state index in [1.54, 1.807) is 23.6 Å². The number of thiazole rings is 1. The van der Waals surface area contributed by atoms with Gasteiger partial charge in [-0.05, 0) is 70.4 Å². The van der Waals surface area contributed by atoms with Crippen LogP contribution in [-0.2, 0) is 0 Å². The second kappa shape index (κ2) is 11.0. The van der Waals surface area contributed by atoms with Gasteiger partial charge in [0.2, 0.25) is 0 Å². The zero-order valence-corrected chi connectivity index (χ0v) is 21.8. The fourth-order valence-electron chi connectivity index (χ4n) is 3.73. The molecule has 0 unspecified atom stereocenters. The summed E-state index contributed by atoms with van der Waals surface area (Å²) in [5.41, 5.74) is 3.53. The number of aromatic nitrogens is 3. The number of carbonyl (C=O) groups excluding carboxylic acids is 1. The first kappa shape index (κ1) is 24.9. The molecule has 35 heavy (non-hydrogen) atoms. The molecule has 0 atom stereocenters. The van der Waals surface area contributed by atoms with Crippen molar-refractivity contribution in [1.82, 2.24) is 19.7 Å². The van der Waals surface area contributed by atoms with Crippen molar-refractivity contribution in [2.45, 2.75) is 13.3 Å². The Labute approximate surface area is 214 Å². The summed E-state index contributed by atoms with van der Waals surface area (Å²) in [5, 5.41) is 7.44. The van der Waals surface area contributed by atoms with Crippen molar-refractivity contribution in [3.63, 3.8) is 0 Å². The molecule has 9 heteroatoms. The lowest BCUT2D eigenvalue weighted by Gasteiger charge is -2.21. The molecule has 0 aliphatic carbocycles. The Morgan fingerprint density at radius 1 is 1.09 bits per heavy atom. The Kier molecular flexibility index (Phi) is 7.85. The molecule has 7 nitrogen and oxygen atoms in total. The lowest BCUT2D eigenvalue weighted by Crippen LogP contribution is -2.34. The summed E-state index contributed by atoms with van der Waals surface area (Å²) < 4.78 is 6.86. The van der Waals surface area contributed by atoms with E-state index in [0.717, 1.165) is 35.7 Å². The van der Waals surface area contributed by atoms with E-state index in [1.165, 1.54) is 11.3 Å². The number of aryl methyl sites for hydroxylation is 1. The van der Waals surface area contributed by atoms with Crippen LogP contribution in [0.2, 0.25) is 5.15 Å². The topological polar surface area (TPSA) is 63.5 Å². The van der Waals surface area contributed by atoms with Gasteiger partial charge in [-0.1, -0.05) is 29.8 Å². The van der Waals surface area contributed by atoms with Crippen LogP contribution in [0.4, 0.5) is 5.13 Å². The summed E-state index contributed by atoms with van der Waals surface area (Å²) in [4.78, 5) is 22.5. The first-order valence-corrected chi connectivity index (χ1v) is 12.5. The number of amides is 1. The van der Waals surface area contributed by atoms with E-state index >= 15 is 0 Å². The van der Waals surface area contributed by atoms with Gasteiger partial charge < -0.3 is 9.64 Å². The number of anilines is 1. The van der Waals surface area contributed by atoms with Crippen molar-refractivity contribution in [2.75, 3.05) is 39.2 Å². The first-order chi connectivity index (χ1) is 16.9. The minimum absolute atomic E-state index is 0.205. The Bertz CT molecular complexity index is 1290. The zero-order chi connectivity index (χ0) is 24.9. The van der Waals surface area contributed by atoms with E-state index < -0.39 is 0 Å². The summed E-state index contributed by atoms with van der Waals surface area (Å²) in [6, 6.07) is 17.3. The maximum absolute atomic E-state index is 13.9. The summed E-state index contributed by atoms with van der Waals surface area (Å²) in [7, 11) is 5.67. The molecule has 0 aliphatic heterocycles. The number of halogens is 1. The van der Waals surface area contributed by atoms with Crippen LogP contribution in [0.15, 0.2) is 60.0 Å². The van der Waals surface area contributed by atoms with E-state index in [1.807, 2.05) is 74.1 Å². The minimum Gasteiger partial charge on any atom is -0.497 e. The van der Waals surface area contributed by atoms with Gasteiger partial charge in [-0.3, -0.25) is 9.69 Å². The smallest absolute Gasteiger partial charge is 0.265 e. The van der Waals surface area contributed by atoms with Gasteiger partial charge in [0.05, 0.1) is 24.2 Å². The van der Waals surface area contributed by atoms with Crippen molar-refractivity contribution in [3.8, 4) is 22.7 Å². The number of benzene rings is 2. The number of para-hydroxylation sites is 1. The van der Waals surface area contributed by atoms with Crippen molar-refractivity contribution < 1.29 is 9.53 Å². The predicted molar refractivity (Wildman–Crippen MR) is 142 cm³/mol.